The molecule has 0 bridgehead atoms. The summed E-state index contributed by atoms with van der Waals surface area (Å²) in [6.07, 6.45) is 0. The molecule has 2 N–H and O–H groups in total. The maximum atomic E-state index is 13.3. The first kappa shape index (κ1) is 19.6. The van der Waals surface area contributed by atoms with E-state index < -0.39 is 15.9 Å². The number of aryl methyl sites for hydroxylation is 2. The lowest BCUT2D eigenvalue weighted by atomic mass is 10.1. The van der Waals surface area contributed by atoms with Gasteiger partial charge in [-0.25, -0.2) is 12.8 Å². The number of nitrogens with one attached hydrogen (secondary N) is 2. The molecule has 1 aromatic heterocycles. The first-order valence-corrected chi connectivity index (χ1v) is 9.82. The first-order valence-electron chi connectivity index (χ1n) is 8.34. The molecule has 7 nitrogen and oxygen atoms in total. The van der Waals surface area contributed by atoms with Crippen molar-refractivity contribution in [3.05, 3.63) is 76.8 Å². The molecule has 0 unspecified atom stereocenters. The van der Waals surface area contributed by atoms with E-state index in [1.807, 2.05) is 0 Å². The molecule has 0 aliphatic heterocycles. The van der Waals surface area contributed by atoms with Crippen LogP contribution in [0.4, 0.5) is 10.2 Å². The van der Waals surface area contributed by atoms with Crippen LogP contribution in [0.1, 0.15) is 27.2 Å². The highest BCUT2D eigenvalue weighted by Gasteiger charge is 2.18. The van der Waals surface area contributed by atoms with E-state index in [1.54, 1.807) is 26.0 Å². The highest BCUT2D eigenvalue weighted by Crippen LogP contribution is 2.17. The van der Waals surface area contributed by atoms with Gasteiger partial charge in [-0.1, -0.05) is 23.4 Å². The van der Waals surface area contributed by atoms with Crippen molar-refractivity contribution in [2.24, 2.45) is 0 Å². The first-order chi connectivity index (χ1) is 13.2. The summed E-state index contributed by atoms with van der Waals surface area (Å²) in [5, 5.41) is 6.28. The molecular formula is C19H18FN3O4S. The summed E-state index contributed by atoms with van der Waals surface area (Å²) in [6, 6.07) is 11.6. The lowest BCUT2D eigenvalue weighted by Gasteiger charge is -2.09. The van der Waals surface area contributed by atoms with Crippen LogP contribution in [0.5, 0.6) is 0 Å². The molecular weight excluding hydrogens is 385 g/mol. The maximum absolute atomic E-state index is 13.3. The SMILES string of the molecule is Cc1cc(NS(=O)(=O)c2cccc(C(=O)NCc3ccc(F)c(C)c3)c2)no1. The summed E-state index contributed by atoms with van der Waals surface area (Å²) in [5.74, 6) is -0.250. The van der Waals surface area contributed by atoms with Crippen LogP contribution >= 0.6 is 0 Å². The average molecular weight is 403 g/mol. The smallest absolute Gasteiger partial charge is 0.263 e. The van der Waals surface area contributed by atoms with E-state index in [0.29, 0.717) is 11.3 Å². The second kappa shape index (κ2) is 7.81. The quantitative estimate of drug-likeness (QED) is 0.658. The van der Waals surface area contributed by atoms with Crippen molar-refractivity contribution in [2.75, 3.05) is 4.72 Å². The van der Waals surface area contributed by atoms with E-state index in [9.17, 15) is 17.6 Å². The average Bonchev–Trinajstić information content (AvgIpc) is 3.06. The number of benzene rings is 2. The molecule has 0 aliphatic rings. The Labute approximate surface area is 161 Å². The summed E-state index contributed by atoms with van der Waals surface area (Å²) >= 11 is 0. The number of sulfonamides is 1. The fourth-order valence-electron chi connectivity index (χ4n) is 2.52. The number of rotatable bonds is 6. The van der Waals surface area contributed by atoms with Crippen molar-refractivity contribution in [3.63, 3.8) is 0 Å². The Balaban J connectivity index is 1.72. The van der Waals surface area contributed by atoms with E-state index in [4.69, 9.17) is 4.52 Å². The van der Waals surface area contributed by atoms with Gasteiger partial charge in [0, 0.05) is 18.2 Å². The summed E-state index contributed by atoms with van der Waals surface area (Å²) < 4.78 is 45.4. The van der Waals surface area contributed by atoms with Gasteiger partial charge in [0.25, 0.3) is 15.9 Å². The topological polar surface area (TPSA) is 101 Å². The van der Waals surface area contributed by atoms with Crippen LogP contribution in [-0.2, 0) is 16.6 Å². The van der Waals surface area contributed by atoms with Crippen molar-refractivity contribution in [3.8, 4) is 0 Å². The Morgan fingerprint density at radius 2 is 1.93 bits per heavy atom. The largest absolute Gasteiger partial charge is 0.360 e. The van der Waals surface area contributed by atoms with Crippen LogP contribution < -0.4 is 10.0 Å². The fraction of sp³-hybridized carbons (Fsp3) is 0.158. The van der Waals surface area contributed by atoms with Crippen molar-refractivity contribution in [1.82, 2.24) is 10.5 Å². The Morgan fingerprint density at radius 3 is 2.61 bits per heavy atom. The van der Waals surface area contributed by atoms with Gasteiger partial charge >= 0.3 is 0 Å². The molecule has 2 aromatic carbocycles. The maximum Gasteiger partial charge on any atom is 0.263 e. The second-order valence-electron chi connectivity index (χ2n) is 6.22. The third-order valence-electron chi connectivity index (χ3n) is 3.95. The van der Waals surface area contributed by atoms with Gasteiger partial charge in [-0.15, -0.1) is 0 Å². The molecule has 28 heavy (non-hydrogen) atoms. The Morgan fingerprint density at radius 1 is 1.14 bits per heavy atom. The van der Waals surface area contributed by atoms with Gasteiger partial charge in [-0.3, -0.25) is 9.52 Å². The van der Waals surface area contributed by atoms with Crippen LogP contribution in [-0.4, -0.2) is 19.5 Å². The van der Waals surface area contributed by atoms with Gasteiger partial charge in [0.15, 0.2) is 5.82 Å². The highest BCUT2D eigenvalue weighted by atomic mass is 32.2. The summed E-state index contributed by atoms with van der Waals surface area (Å²) in [7, 11) is -3.93. The Bertz CT molecular complexity index is 1130. The normalized spacial score (nSPS) is 11.2. The molecule has 0 fully saturated rings. The predicted octanol–water partition coefficient (Wildman–Crippen LogP) is 3.16. The van der Waals surface area contributed by atoms with Crippen molar-refractivity contribution in [1.29, 1.82) is 0 Å². The number of hydrogen-bond acceptors (Lipinski definition) is 5. The summed E-state index contributed by atoms with van der Waals surface area (Å²) in [5.41, 5.74) is 1.39. The van der Waals surface area contributed by atoms with Crippen LogP contribution in [0.25, 0.3) is 0 Å². The summed E-state index contributed by atoms with van der Waals surface area (Å²) in [6.45, 7) is 3.46. The molecule has 0 aliphatic carbocycles. The van der Waals surface area contributed by atoms with Crippen molar-refractivity contribution in [2.45, 2.75) is 25.3 Å². The number of nitrogens with zero attached hydrogens (tertiary/aromatic N) is 1. The fourth-order valence-corrected chi connectivity index (χ4v) is 3.55. The minimum atomic E-state index is -3.93. The third-order valence-corrected chi connectivity index (χ3v) is 5.30. The van der Waals surface area contributed by atoms with Crippen LogP contribution in [0, 0.1) is 19.7 Å². The van der Waals surface area contributed by atoms with Gasteiger partial charge in [0.05, 0.1) is 4.90 Å². The van der Waals surface area contributed by atoms with Crippen LogP contribution in [0.15, 0.2) is 57.9 Å². The van der Waals surface area contributed by atoms with Crippen LogP contribution in [0.2, 0.25) is 0 Å². The number of carbonyl (C=O) groups is 1. The van der Waals surface area contributed by atoms with Gasteiger partial charge in [-0.05, 0) is 49.2 Å². The Kier molecular flexibility index (Phi) is 5.46. The van der Waals surface area contributed by atoms with Gasteiger partial charge in [0.1, 0.15) is 11.6 Å². The zero-order valence-corrected chi connectivity index (χ0v) is 16.0. The monoisotopic (exact) mass is 403 g/mol. The van der Waals surface area contributed by atoms with Gasteiger partial charge in [0.2, 0.25) is 0 Å². The molecule has 0 radical (unpaired) electrons. The van der Waals surface area contributed by atoms with Crippen LogP contribution in [0.3, 0.4) is 0 Å². The zero-order chi connectivity index (χ0) is 20.3. The molecule has 146 valence electrons. The van der Waals surface area contributed by atoms with E-state index in [-0.39, 0.29) is 28.6 Å². The molecule has 1 heterocycles. The molecule has 1 amide bonds. The second-order valence-corrected chi connectivity index (χ2v) is 7.90. The van der Waals surface area contributed by atoms with E-state index in [0.717, 1.165) is 5.56 Å². The molecule has 0 atom stereocenters. The lowest BCUT2D eigenvalue weighted by Crippen LogP contribution is -2.23. The highest BCUT2D eigenvalue weighted by molar-refractivity contribution is 7.92. The number of hydrogen-bond donors (Lipinski definition) is 2. The number of carbonyl (C=O) groups excluding carboxylic acids is 1. The zero-order valence-electron chi connectivity index (χ0n) is 15.2. The van der Waals surface area contributed by atoms with E-state index >= 15 is 0 Å². The van der Waals surface area contributed by atoms with Crippen molar-refractivity contribution >= 4 is 21.7 Å². The molecule has 0 saturated carbocycles. The number of amides is 1. The predicted molar refractivity (Wildman–Crippen MR) is 101 cm³/mol. The minimum Gasteiger partial charge on any atom is -0.360 e. The number of halogens is 1. The standard InChI is InChI=1S/C19H18FN3O4S/c1-12-8-14(6-7-17(12)20)11-21-19(24)15-4-3-5-16(10-15)28(25,26)23-18-9-13(2)27-22-18/h3-10H,11H2,1-2H3,(H,21,24)(H,22,23). The van der Waals surface area contributed by atoms with Gasteiger partial charge < -0.3 is 9.84 Å². The van der Waals surface area contributed by atoms with E-state index in [2.05, 4.69) is 15.2 Å². The minimum absolute atomic E-state index is 0.0547. The van der Waals surface area contributed by atoms with Crippen molar-refractivity contribution < 1.29 is 22.1 Å². The molecule has 9 heteroatoms. The Hall–Kier alpha value is -3.20. The third kappa shape index (κ3) is 4.55. The summed E-state index contributed by atoms with van der Waals surface area (Å²) in [4.78, 5) is 12.3. The number of anilines is 1. The molecule has 3 aromatic rings. The molecule has 3 rings (SSSR count). The molecule has 0 saturated heterocycles. The number of aromatic nitrogens is 1. The molecule has 0 spiro atoms. The van der Waals surface area contributed by atoms with E-state index in [1.165, 1.54) is 36.4 Å². The van der Waals surface area contributed by atoms with Gasteiger partial charge in [-0.2, -0.15) is 0 Å². The lowest BCUT2D eigenvalue weighted by molar-refractivity contribution is 0.0950.